The summed E-state index contributed by atoms with van der Waals surface area (Å²) in [5.74, 6) is -0.270. The summed E-state index contributed by atoms with van der Waals surface area (Å²) in [6, 6.07) is 17.4. The number of carbonyl (C=O) groups excluding carboxylic acids is 2. The molecule has 0 aromatic heterocycles. The van der Waals surface area contributed by atoms with Crippen LogP contribution in [0.4, 0.5) is 11.4 Å². The summed E-state index contributed by atoms with van der Waals surface area (Å²) in [7, 11) is 0. The molecule has 1 heterocycles. The molecule has 1 aliphatic heterocycles. The molecular weight excluding hydrogens is 464 g/mol. The third kappa shape index (κ3) is 5.33. The Morgan fingerprint density at radius 3 is 2.59 bits per heavy atom. The summed E-state index contributed by atoms with van der Waals surface area (Å²) in [4.78, 5) is 36.0. The third-order valence-corrected chi connectivity index (χ3v) is 5.11. The Hall–Kier alpha value is -4.37. The van der Waals surface area contributed by atoms with E-state index >= 15 is 0 Å². The van der Waals surface area contributed by atoms with Gasteiger partial charge >= 0.3 is 5.97 Å². The minimum absolute atomic E-state index is 0.0670. The van der Waals surface area contributed by atoms with Crippen molar-refractivity contribution in [3.63, 3.8) is 0 Å². The molecule has 172 valence electrons. The predicted molar refractivity (Wildman–Crippen MR) is 124 cm³/mol. The van der Waals surface area contributed by atoms with Crippen LogP contribution in [-0.2, 0) is 14.3 Å². The molecule has 0 unspecified atom stereocenters. The van der Waals surface area contributed by atoms with Gasteiger partial charge < -0.3 is 19.5 Å². The number of esters is 1. The van der Waals surface area contributed by atoms with Gasteiger partial charge in [-0.2, -0.15) is 0 Å². The summed E-state index contributed by atoms with van der Waals surface area (Å²) in [6.45, 7) is 0.134. The number of halogens is 1. The van der Waals surface area contributed by atoms with Gasteiger partial charge in [-0.1, -0.05) is 48.0 Å². The number of rotatable bonds is 7. The fraction of sp³-hybridized carbons (Fsp3) is 0.0833. The molecule has 34 heavy (non-hydrogen) atoms. The van der Waals surface area contributed by atoms with E-state index in [4.69, 9.17) is 25.8 Å². The van der Waals surface area contributed by atoms with Crippen molar-refractivity contribution in [3.05, 3.63) is 99.1 Å². The van der Waals surface area contributed by atoms with Crippen molar-refractivity contribution in [2.24, 2.45) is 0 Å². The largest absolute Gasteiger partial charge is 0.454 e. The normalized spacial score (nSPS) is 12.9. The molecule has 4 rings (SSSR count). The molecule has 0 spiro atoms. The molecule has 1 atom stereocenters. The van der Waals surface area contributed by atoms with Crippen molar-refractivity contribution in [2.45, 2.75) is 6.10 Å². The lowest BCUT2D eigenvalue weighted by Gasteiger charge is -2.17. The Bertz CT molecular complexity index is 1280. The Balaban J connectivity index is 1.51. The van der Waals surface area contributed by atoms with Crippen LogP contribution in [0.5, 0.6) is 11.5 Å². The van der Waals surface area contributed by atoms with E-state index < -0.39 is 22.9 Å². The number of hydrogen-bond donors (Lipinski definition) is 1. The van der Waals surface area contributed by atoms with E-state index in [2.05, 4.69) is 5.32 Å². The van der Waals surface area contributed by atoms with Crippen LogP contribution in [0.3, 0.4) is 0 Å². The number of hydrogen-bond acceptors (Lipinski definition) is 7. The number of amides is 1. The van der Waals surface area contributed by atoms with Gasteiger partial charge in [-0.3, -0.25) is 14.9 Å². The number of nitrogens with zero attached hydrogens (tertiary/aromatic N) is 1. The van der Waals surface area contributed by atoms with E-state index in [1.807, 2.05) is 0 Å². The van der Waals surface area contributed by atoms with Crippen LogP contribution < -0.4 is 14.8 Å². The Kier molecular flexibility index (Phi) is 6.74. The summed E-state index contributed by atoms with van der Waals surface area (Å²) in [5, 5.41) is 13.6. The zero-order chi connectivity index (χ0) is 24.1. The molecule has 0 bridgehead atoms. The number of benzene rings is 3. The van der Waals surface area contributed by atoms with Crippen molar-refractivity contribution in [3.8, 4) is 11.5 Å². The van der Waals surface area contributed by atoms with E-state index in [1.54, 1.807) is 48.5 Å². The van der Waals surface area contributed by atoms with Gasteiger partial charge in [0.1, 0.15) is 5.02 Å². The van der Waals surface area contributed by atoms with Crippen molar-refractivity contribution >= 4 is 40.9 Å². The summed E-state index contributed by atoms with van der Waals surface area (Å²) < 4.78 is 16.0. The fourth-order valence-corrected chi connectivity index (χ4v) is 3.36. The second kappa shape index (κ2) is 10.1. The molecule has 0 radical (unpaired) electrons. The van der Waals surface area contributed by atoms with Crippen LogP contribution in [0, 0.1) is 10.1 Å². The molecule has 0 saturated carbocycles. The lowest BCUT2D eigenvalue weighted by Crippen LogP contribution is -2.25. The van der Waals surface area contributed by atoms with Crippen LogP contribution in [0.25, 0.3) is 6.08 Å². The van der Waals surface area contributed by atoms with Crippen molar-refractivity contribution in [2.75, 3.05) is 12.1 Å². The maximum atomic E-state index is 13.0. The van der Waals surface area contributed by atoms with E-state index in [-0.39, 0.29) is 23.2 Å². The molecule has 1 amide bonds. The first-order valence-corrected chi connectivity index (χ1v) is 10.4. The van der Waals surface area contributed by atoms with E-state index in [0.717, 1.165) is 6.07 Å². The van der Waals surface area contributed by atoms with Crippen LogP contribution in [0.1, 0.15) is 17.2 Å². The zero-order valence-corrected chi connectivity index (χ0v) is 18.2. The van der Waals surface area contributed by atoms with Gasteiger partial charge in [0, 0.05) is 23.4 Å². The van der Waals surface area contributed by atoms with Crippen LogP contribution >= 0.6 is 11.6 Å². The first kappa shape index (κ1) is 22.8. The first-order chi connectivity index (χ1) is 16.4. The van der Waals surface area contributed by atoms with Gasteiger partial charge in [-0.25, -0.2) is 4.79 Å². The molecule has 0 saturated heterocycles. The van der Waals surface area contributed by atoms with Crippen LogP contribution in [0.2, 0.25) is 5.02 Å². The highest BCUT2D eigenvalue weighted by molar-refractivity contribution is 6.32. The quantitative estimate of drug-likeness (QED) is 0.221. The monoisotopic (exact) mass is 480 g/mol. The maximum absolute atomic E-state index is 13.0. The van der Waals surface area contributed by atoms with Crippen molar-refractivity contribution in [1.29, 1.82) is 0 Å². The number of anilines is 1. The highest BCUT2D eigenvalue weighted by Gasteiger charge is 2.25. The molecule has 1 N–H and O–H groups in total. The molecule has 9 nitrogen and oxygen atoms in total. The molecule has 1 aliphatic rings. The lowest BCUT2D eigenvalue weighted by atomic mass is 10.1. The minimum atomic E-state index is -1.30. The standard InChI is InChI=1S/C24H17ClN2O7/c25-18-9-8-17(13-19(18)27(30)31)26-24(29)23(16-4-2-1-3-5-16)34-22(28)11-7-15-6-10-20-21(12-15)33-14-32-20/h1-13,23H,14H2,(H,26,29)/b11-7+/t23-/m0/s1. The second-order valence-corrected chi connectivity index (χ2v) is 7.49. The van der Waals surface area contributed by atoms with E-state index in [1.165, 1.54) is 24.3 Å². The summed E-state index contributed by atoms with van der Waals surface area (Å²) >= 11 is 5.83. The lowest BCUT2D eigenvalue weighted by molar-refractivity contribution is -0.384. The number of carbonyl (C=O) groups is 2. The van der Waals surface area contributed by atoms with E-state index in [9.17, 15) is 19.7 Å². The number of nitrogens with one attached hydrogen (secondary N) is 1. The average molecular weight is 481 g/mol. The molecule has 10 heteroatoms. The van der Waals surface area contributed by atoms with Gasteiger partial charge in [-0.05, 0) is 35.9 Å². The summed E-state index contributed by atoms with van der Waals surface area (Å²) in [6.07, 6.45) is 1.41. The molecule has 3 aromatic rings. The smallest absolute Gasteiger partial charge is 0.331 e. The van der Waals surface area contributed by atoms with Crippen LogP contribution in [0.15, 0.2) is 72.8 Å². The minimum Gasteiger partial charge on any atom is -0.454 e. The highest BCUT2D eigenvalue weighted by atomic mass is 35.5. The summed E-state index contributed by atoms with van der Waals surface area (Å²) in [5.41, 5.74) is 0.872. The fourth-order valence-electron chi connectivity index (χ4n) is 3.18. The third-order valence-electron chi connectivity index (χ3n) is 4.79. The Morgan fingerprint density at radius 1 is 1.06 bits per heavy atom. The Morgan fingerprint density at radius 2 is 1.82 bits per heavy atom. The average Bonchev–Trinajstić information content (AvgIpc) is 3.30. The predicted octanol–water partition coefficient (Wildman–Crippen LogP) is 4.91. The first-order valence-electron chi connectivity index (χ1n) is 9.99. The zero-order valence-electron chi connectivity index (χ0n) is 17.5. The van der Waals surface area contributed by atoms with E-state index in [0.29, 0.717) is 22.6 Å². The molecule has 3 aromatic carbocycles. The van der Waals surface area contributed by atoms with Crippen molar-refractivity contribution in [1.82, 2.24) is 0 Å². The number of fused-ring (bicyclic) bond motifs is 1. The SMILES string of the molecule is O=C(/C=C/c1ccc2c(c1)OCO2)O[C@H](C(=O)Nc1ccc(Cl)c([N+](=O)[O-])c1)c1ccccc1. The maximum Gasteiger partial charge on any atom is 0.331 e. The van der Waals surface area contributed by atoms with Crippen molar-refractivity contribution < 1.29 is 28.7 Å². The molecule has 0 aliphatic carbocycles. The Labute approximate surface area is 198 Å². The molecular formula is C24H17ClN2O7. The molecule has 0 fully saturated rings. The van der Waals surface area contributed by atoms with Gasteiger partial charge in [0.2, 0.25) is 12.9 Å². The van der Waals surface area contributed by atoms with Gasteiger partial charge in [0.05, 0.1) is 4.92 Å². The highest BCUT2D eigenvalue weighted by Crippen LogP contribution is 2.33. The van der Waals surface area contributed by atoms with Crippen LogP contribution in [-0.4, -0.2) is 23.6 Å². The second-order valence-electron chi connectivity index (χ2n) is 7.09. The van der Waals surface area contributed by atoms with Gasteiger partial charge in [0.25, 0.3) is 11.6 Å². The van der Waals surface area contributed by atoms with Gasteiger partial charge in [-0.15, -0.1) is 0 Å². The number of nitro groups is 1. The number of ether oxygens (including phenoxy) is 3. The number of nitro benzene ring substituents is 1. The topological polar surface area (TPSA) is 117 Å². The van der Waals surface area contributed by atoms with Gasteiger partial charge in [0.15, 0.2) is 11.5 Å².